The predicted octanol–water partition coefficient (Wildman–Crippen LogP) is 8.62. The highest BCUT2D eigenvalue weighted by Crippen LogP contribution is 2.65. The number of carbonyl (C=O) groups is 4. The molecule has 1 N–H and O–H groups in total. The van der Waals surface area contributed by atoms with Gasteiger partial charge >= 0.3 is 0 Å². The van der Waals surface area contributed by atoms with E-state index < -0.39 is 35.0 Å². The molecule has 0 bridgehead atoms. The summed E-state index contributed by atoms with van der Waals surface area (Å²) in [5.41, 5.74) is 3.27. The highest BCUT2D eigenvalue weighted by Gasteiger charge is 2.66. The van der Waals surface area contributed by atoms with Crippen LogP contribution in [0.15, 0.2) is 139 Å². The number of ketones is 2. The number of benzene rings is 5. The van der Waals surface area contributed by atoms with Crippen LogP contribution < -0.4 is 19.1 Å². The standard InChI is InChI=1S/C51H43NO8/c1-58-35-23-26-42(59-2)32(27-35)20-17-30-18-21-34(22-19-30)52-49(56)37-25-24-36-39(45(37)50(52)57)28-40-48(55)38(31-11-6-4-7-12-31)29-44(54)51(40,33-13-8-5-9-14-33)47(36)46-41(53)15-10-16-43(46)60-3/h4-24,26-27,29,37,39-40,45,47,53H,25,28H2,1-3H3/t37-,39+,40-,45-,47+,51-/m0/s1. The quantitative estimate of drug-likeness (QED) is 0.0895. The molecule has 2 amide bonds. The van der Waals surface area contributed by atoms with E-state index >= 15 is 9.59 Å². The largest absolute Gasteiger partial charge is 0.508 e. The molecule has 5 aromatic rings. The molecule has 2 fully saturated rings. The third-order valence-corrected chi connectivity index (χ3v) is 13.0. The lowest BCUT2D eigenvalue weighted by molar-refractivity contribution is -0.135. The molecule has 9 heteroatoms. The normalized spacial score (nSPS) is 24.6. The third-order valence-electron chi connectivity index (χ3n) is 13.0. The number of amides is 2. The van der Waals surface area contributed by atoms with Crippen molar-refractivity contribution in [2.45, 2.75) is 24.2 Å². The van der Waals surface area contributed by atoms with Crippen molar-refractivity contribution in [3.63, 3.8) is 0 Å². The number of phenolic OH excluding ortho intramolecular Hbond substituents is 1. The Morgan fingerprint density at radius 3 is 2.13 bits per heavy atom. The molecule has 5 aromatic carbocycles. The number of phenols is 1. The summed E-state index contributed by atoms with van der Waals surface area (Å²) in [6.07, 6.45) is 7.66. The number of nitrogens with zero attached hydrogens (tertiary/aromatic N) is 1. The van der Waals surface area contributed by atoms with Gasteiger partial charge in [0, 0.05) is 28.5 Å². The van der Waals surface area contributed by atoms with Crippen LogP contribution in [0.5, 0.6) is 23.0 Å². The molecular formula is C51H43NO8. The Labute approximate surface area is 348 Å². The molecule has 6 atom stereocenters. The van der Waals surface area contributed by atoms with Crippen molar-refractivity contribution in [3.05, 3.63) is 167 Å². The molecule has 1 saturated heterocycles. The van der Waals surface area contributed by atoms with Crippen molar-refractivity contribution < 1.29 is 38.5 Å². The molecule has 1 aliphatic heterocycles. The average Bonchev–Trinajstić information content (AvgIpc) is 3.55. The van der Waals surface area contributed by atoms with Crippen molar-refractivity contribution in [2.24, 2.45) is 23.7 Å². The fourth-order valence-electron chi connectivity index (χ4n) is 10.3. The summed E-state index contributed by atoms with van der Waals surface area (Å²) in [4.78, 5) is 61.2. The number of Topliss-reactive ketones (excluding diaryl/α,β-unsaturated/α-hetero) is 1. The number of methoxy groups -OCH3 is 3. The Morgan fingerprint density at radius 2 is 1.43 bits per heavy atom. The number of aromatic hydroxyl groups is 1. The topological polar surface area (TPSA) is 119 Å². The van der Waals surface area contributed by atoms with E-state index in [1.165, 1.54) is 18.1 Å². The van der Waals surface area contributed by atoms with Gasteiger partial charge in [-0.2, -0.15) is 0 Å². The monoisotopic (exact) mass is 797 g/mol. The lowest BCUT2D eigenvalue weighted by Crippen LogP contribution is -2.58. The first kappa shape index (κ1) is 38.5. The van der Waals surface area contributed by atoms with Crippen LogP contribution in [-0.2, 0) is 24.6 Å². The number of allylic oxidation sites excluding steroid dienone is 4. The number of rotatable bonds is 9. The molecule has 60 heavy (non-hydrogen) atoms. The van der Waals surface area contributed by atoms with Crippen LogP contribution >= 0.6 is 0 Å². The SMILES string of the molecule is COc1ccc(OC)c(C=Cc2ccc(N3C(=O)[C@H]4[C@H](CC=C5[C@H]4C[C@H]4C(=O)C(c6ccccc6)=CC(=O)[C@@]4(c4ccccc4)[C@H]5c4c(O)cccc4OC)C3=O)cc2)c1. The van der Waals surface area contributed by atoms with Crippen LogP contribution in [0, 0.1) is 23.7 Å². The average molecular weight is 798 g/mol. The van der Waals surface area contributed by atoms with Crippen LogP contribution in [0.2, 0.25) is 0 Å². The number of ether oxygens (including phenoxy) is 3. The minimum absolute atomic E-state index is 0.0930. The smallest absolute Gasteiger partial charge is 0.238 e. The minimum Gasteiger partial charge on any atom is -0.508 e. The zero-order valence-corrected chi connectivity index (χ0v) is 33.4. The fraction of sp³-hybridized carbons (Fsp3) is 0.216. The van der Waals surface area contributed by atoms with E-state index in [-0.39, 0.29) is 42.0 Å². The van der Waals surface area contributed by atoms with Gasteiger partial charge in [0.2, 0.25) is 11.8 Å². The van der Waals surface area contributed by atoms with Gasteiger partial charge < -0.3 is 19.3 Å². The van der Waals surface area contributed by atoms with Gasteiger partial charge in [-0.05, 0) is 84.0 Å². The van der Waals surface area contributed by atoms with E-state index in [9.17, 15) is 14.7 Å². The first-order valence-electron chi connectivity index (χ1n) is 20.1. The van der Waals surface area contributed by atoms with E-state index in [0.717, 1.165) is 16.7 Å². The summed E-state index contributed by atoms with van der Waals surface area (Å²) in [6.45, 7) is 0. The molecule has 0 aromatic heterocycles. The summed E-state index contributed by atoms with van der Waals surface area (Å²) >= 11 is 0. The Hall–Kier alpha value is -7.00. The molecule has 0 spiro atoms. The van der Waals surface area contributed by atoms with Gasteiger partial charge in [0.05, 0.1) is 44.3 Å². The third kappa shape index (κ3) is 5.98. The molecule has 300 valence electrons. The Kier molecular flexibility index (Phi) is 9.83. The van der Waals surface area contributed by atoms with Crippen LogP contribution in [0.3, 0.4) is 0 Å². The Bertz CT molecular complexity index is 2630. The lowest BCUT2D eigenvalue weighted by atomic mass is 9.44. The second-order valence-electron chi connectivity index (χ2n) is 15.7. The molecule has 1 saturated carbocycles. The van der Waals surface area contributed by atoms with E-state index in [4.69, 9.17) is 14.2 Å². The van der Waals surface area contributed by atoms with E-state index in [0.29, 0.717) is 45.2 Å². The molecule has 9 nitrogen and oxygen atoms in total. The van der Waals surface area contributed by atoms with Crippen molar-refractivity contribution in [2.75, 3.05) is 26.2 Å². The van der Waals surface area contributed by atoms with Gasteiger partial charge in [-0.3, -0.25) is 24.1 Å². The first-order valence-corrected chi connectivity index (χ1v) is 20.1. The summed E-state index contributed by atoms with van der Waals surface area (Å²) in [6, 6.07) is 36.1. The number of imide groups is 1. The van der Waals surface area contributed by atoms with Gasteiger partial charge in [-0.25, -0.2) is 0 Å². The summed E-state index contributed by atoms with van der Waals surface area (Å²) < 4.78 is 16.8. The number of hydrogen-bond acceptors (Lipinski definition) is 8. The molecule has 0 unspecified atom stereocenters. The molecule has 9 rings (SSSR count). The summed E-state index contributed by atoms with van der Waals surface area (Å²) in [7, 11) is 4.72. The number of anilines is 1. The first-order chi connectivity index (χ1) is 29.2. The highest BCUT2D eigenvalue weighted by atomic mass is 16.5. The zero-order valence-electron chi connectivity index (χ0n) is 33.4. The Morgan fingerprint density at radius 1 is 0.717 bits per heavy atom. The minimum atomic E-state index is -1.50. The molecule has 3 aliphatic carbocycles. The predicted molar refractivity (Wildman–Crippen MR) is 229 cm³/mol. The maximum absolute atomic E-state index is 15.3. The van der Waals surface area contributed by atoms with Gasteiger partial charge in [0.1, 0.15) is 23.0 Å². The second-order valence-corrected chi connectivity index (χ2v) is 15.7. The van der Waals surface area contributed by atoms with Crippen molar-refractivity contribution in [1.29, 1.82) is 0 Å². The van der Waals surface area contributed by atoms with Gasteiger partial charge in [0.25, 0.3) is 0 Å². The van der Waals surface area contributed by atoms with E-state index in [1.54, 1.807) is 44.6 Å². The van der Waals surface area contributed by atoms with Gasteiger partial charge in [0.15, 0.2) is 11.6 Å². The second kappa shape index (κ2) is 15.3. The summed E-state index contributed by atoms with van der Waals surface area (Å²) in [5.74, 6) is -3.47. The number of hydrogen-bond donors (Lipinski definition) is 1. The number of carbonyl (C=O) groups excluding carboxylic acids is 4. The molecular weight excluding hydrogens is 755 g/mol. The van der Waals surface area contributed by atoms with E-state index in [2.05, 4.69) is 0 Å². The van der Waals surface area contributed by atoms with Crippen molar-refractivity contribution in [3.8, 4) is 23.0 Å². The molecule has 0 radical (unpaired) electrons. The molecule has 1 heterocycles. The fourth-order valence-corrected chi connectivity index (χ4v) is 10.3. The van der Waals surface area contributed by atoms with E-state index in [1.807, 2.05) is 109 Å². The van der Waals surface area contributed by atoms with Crippen LogP contribution in [0.4, 0.5) is 5.69 Å². The van der Waals surface area contributed by atoms with Crippen LogP contribution in [0.25, 0.3) is 17.7 Å². The zero-order chi connectivity index (χ0) is 41.7. The van der Waals surface area contributed by atoms with Crippen LogP contribution in [0.1, 0.15) is 46.6 Å². The van der Waals surface area contributed by atoms with Gasteiger partial charge in [-0.15, -0.1) is 0 Å². The van der Waals surface area contributed by atoms with Crippen molar-refractivity contribution >= 4 is 46.8 Å². The summed E-state index contributed by atoms with van der Waals surface area (Å²) in [5, 5.41) is 11.8. The number of fused-ring (bicyclic) bond motifs is 4. The molecule has 4 aliphatic rings. The maximum atomic E-state index is 15.3. The van der Waals surface area contributed by atoms with Gasteiger partial charge in [-0.1, -0.05) is 103 Å². The van der Waals surface area contributed by atoms with Crippen molar-refractivity contribution in [1.82, 2.24) is 0 Å². The lowest BCUT2D eigenvalue weighted by Gasteiger charge is -2.55. The van der Waals surface area contributed by atoms with Crippen LogP contribution in [-0.4, -0.2) is 49.8 Å². The maximum Gasteiger partial charge on any atom is 0.238 e. The highest BCUT2D eigenvalue weighted by molar-refractivity contribution is 6.32. The Balaban J connectivity index is 1.14.